The van der Waals surface area contributed by atoms with Gasteiger partial charge in [-0.1, -0.05) is 76.0 Å². The molecule has 0 aromatic heterocycles. The lowest BCUT2D eigenvalue weighted by molar-refractivity contribution is -0.156. The summed E-state index contributed by atoms with van der Waals surface area (Å²) in [6.07, 6.45) is 12.0. The molecule has 0 bridgehead atoms. The molecular formula is C26H55IO5. The van der Waals surface area contributed by atoms with Gasteiger partial charge in [0, 0.05) is 19.4 Å². The number of aliphatic hydroxyl groups excluding tert-OH is 1. The number of halogens is 1. The topological polar surface area (TPSA) is 72.8 Å². The van der Waals surface area contributed by atoms with E-state index < -0.39 is 0 Å². The van der Waals surface area contributed by atoms with Crippen molar-refractivity contribution in [3.63, 3.8) is 0 Å². The Bertz CT molecular complexity index is 385. The van der Waals surface area contributed by atoms with Gasteiger partial charge in [-0.05, 0) is 71.7 Å². The number of unbranched alkanes of at least 4 members (excludes halogenated alkanes) is 8. The van der Waals surface area contributed by atoms with E-state index in [4.69, 9.17) is 14.6 Å². The Kier molecular flexibility index (Phi) is 28.9. The van der Waals surface area contributed by atoms with Crippen LogP contribution in [0.4, 0.5) is 0 Å². The van der Waals surface area contributed by atoms with E-state index in [1.54, 1.807) is 0 Å². The third-order valence-electron chi connectivity index (χ3n) is 3.89. The van der Waals surface area contributed by atoms with Crippen LogP contribution in [0.25, 0.3) is 0 Å². The average Bonchev–Trinajstić information content (AvgIpc) is 2.58. The minimum Gasteiger partial charge on any atom is -0.460 e. The van der Waals surface area contributed by atoms with Gasteiger partial charge in [-0.15, -0.1) is 0 Å². The Labute approximate surface area is 213 Å². The predicted octanol–water partition coefficient (Wildman–Crippen LogP) is 8.04. The van der Waals surface area contributed by atoms with E-state index in [1.807, 2.05) is 41.5 Å². The molecule has 0 aromatic carbocycles. The van der Waals surface area contributed by atoms with E-state index in [0.29, 0.717) is 12.8 Å². The van der Waals surface area contributed by atoms with Gasteiger partial charge < -0.3 is 14.6 Å². The van der Waals surface area contributed by atoms with Gasteiger partial charge in [0.2, 0.25) is 0 Å². The van der Waals surface area contributed by atoms with Crippen LogP contribution in [-0.4, -0.2) is 39.3 Å². The van der Waals surface area contributed by atoms with Crippen molar-refractivity contribution in [2.24, 2.45) is 0 Å². The maximum atomic E-state index is 11.3. The van der Waals surface area contributed by atoms with Crippen LogP contribution in [-0.2, 0) is 19.1 Å². The molecular weight excluding hydrogens is 519 g/mol. The molecule has 0 aliphatic rings. The fraction of sp³-hybridized carbons (Fsp3) is 0.923. The first-order chi connectivity index (χ1) is 13.9. The lowest BCUT2D eigenvalue weighted by atomic mass is 10.1. The second kappa shape index (κ2) is 23.8. The minimum atomic E-state index is -0.367. The summed E-state index contributed by atoms with van der Waals surface area (Å²) in [6, 6.07) is 0. The Morgan fingerprint density at radius 2 is 0.938 bits per heavy atom. The highest BCUT2D eigenvalue weighted by Crippen LogP contribution is 2.12. The Morgan fingerprint density at radius 1 is 0.625 bits per heavy atom. The first-order valence-electron chi connectivity index (χ1n) is 11.5. The molecule has 196 valence electrons. The van der Waals surface area contributed by atoms with Gasteiger partial charge in [0.05, 0.1) is 0 Å². The number of carbonyl (C=O) groups is 2. The van der Waals surface area contributed by atoms with Gasteiger partial charge in [0.1, 0.15) is 11.2 Å². The maximum Gasteiger partial charge on any atom is 0.306 e. The van der Waals surface area contributed by atoms with Crippen LogP contribution in [0.2, 0.25) is 0 Å². The molecule has 0 saturated heterocycles. The minimum absolute atomic E-state index is 0. The van der Waals surface area contributed by atoms with Gasteiger partial charge in [0.25, 0.3) is 0 Å². The van der Waals surface area contributed by atoms with E-state index in [-0.39, 0.29) is 44.6 Å². The number of alkyl halides is 1. The van der Waals surface area contributed by atoms with Crippen molar-refractivity contribution in [3.8, 4) is 0 Å². The Morgan fingerprint density at radius 3 is 1.25 bits per heavy atom. The van der Waals surface area contributed by atoms with Crippen LogP contribution in [0.5, 0.6) is 0 Å². The van der Waals surface area contributed by atoms with Crippen molar-refractivity contribution in [1.29, 1.82) is 0 Å². The lowest BCUT2D eigenvalue weighted by Crippen LogP contribution is -2.23. The standard InChI is InChI=1S/C12H23IO2.C12H24O3.2CH4/c2*1-12(2,3)15-11(14)9-7-5-4-6-8-10-13;;/h4-10H2,1-3H3;13H,4-10H2,1-3H3;2*1H4. The Balaban J connectivity index is -0.000000231. The second-order valence-corrected chi connectivity index (χ2v) is 10.7. The fourth-order valence-corrected chi connectivity index (χ4v) is 3.13. The number of carbonyl (C=O) groups excluding carboxylic acids is 2. The molecule has 0 heterocycles. The Hall–Kier alpha value is -0.370. The summed E-state index contributed by atoms with van der Waals surface area (Å²) < 4.78 is 11.7. The SMILES string of the molecule is C.C.CC(C)(C)OC(=O)CCCCCCCI.CC(C)(C)OC(=O)CCCCCCCO. The number of ether oxygens (including phenoxy) is 2. The molecule has 6 heteroatoms. The summed E-state index contributed by atoms with van der Waals surface area (Å²) in [5.74, 6) is -0.166. The number of esters is 2. The van der Waals surface area contributed by atoms with Crippen molar-refractivity contribution in [2.45, 2.75) is 145 Å². The van der Waals surface area contributed by atoms with E-state index in [2.05, 4.69) is 22.6 Å². The molecule has 0 saturated carbocycles. The number of hydrogen-bond donors (Lipinski definition) is 1. The molecule has 0 aromatic rings. The van der Waals surface area contributed by atoms with Crippen molar-refractivity contribution in [1.82, 2.24) is 0 Å². The number of rotatable bonds is 14. The second-order valence-electron chi connectivity index (χ2n) is 9.62. The molecule has 1 N–H and O–H groups in total. The van der Waals surface area contributed by atoms with E-state index >= 15 is 0 Å². The van der Waals surface area contributed by atoms with Crippen molar-refractivity contribution in [3.05, 3.63) is 0 Å². The van der Waals surface area contributed by atoms with Gasteiger partial charge in [-0.3, -0.25) is 9.59 Å². The smallest absolute Gasteiger partial charge is 0.306 e. The van der Waals surface area contributed by atoms with Crippen LogP contribution in [0.15, 0.2) is 0 Å². The summed E-state index contributed by atoms with van der Waals surface area (Å²) in [7, 11) is 0. The van der Waals surface area contributed by atoms with Crippen LogP contribution < -0.4 is 0 Å². The predicted molar refractivity (Wildman–Crippen MR) is 147 cm³/mol. The van der Waals surface area contributed by atoms with Crippen LogP contribution in [0.1, 0.15) is 133 Å². The van der Waals surface area contributed by atoms with Crippen molar-refractivity contribution < 1.29 is 24.2 Å². The quantitative estimate of drug-likeness (QED) is 0.0984. The van der Waals surface area contributed by atoms with Gasteiger partial charge in [0.15, 0.2) is 0 Å². The largest absolute Gasteiger partial charge is 0.460 e. The monoisotopic (exact) mass is 574 g/mol. The molecule has 0 aliphatic heterocycles. The zero-order valence-corrected chi connectivity index (χ0v) is 22.5. The summed E-state index contributed by atoms with van der Waals surface area (Å²) in [5, 5.41) is 8.56. The first-order valence-corrected chi connectivity index (χ1v) is 13.0. The highest BCUT2D eigenvalue weighted by Gasteiger charge is 2.16. The highest BCUT2D eigenvalue weighted by atomic mass is 127. The first kappa shape index (κ1) is 38.9. The molecule has 0 fully saturated rings. The summed E-state index contributed by atoms with van der Waals surface area (Å²) >= 11 is 2.40. The molecule has 5 nitrogen and oxygen atoms in total. The molecule has 0 atom stereocenters. The van der Waals surface area contributed by atoms with Gasteiger partial charge >= 0.3 is 11.9 Å². The van der Waals surface area contributed by atoms with Crippen LogP contribution in [0.3, 0.4) is 0 Å². The fourth-order valence-electron chi connectivity index (χ4n) is 2.59. The highest BCUT2D eigenvalue weighted by molar-refractivity contribution is 14.1. The summed E-state index contributed by atoms with van der Waals surface area (Å²) in [5.41, 5.74) is -0.702. The van der Waals surface area contributed by atoms with E-state index in [9.17, 15) is 9.59 Å². The average molecular weight is 575 g/mol. The normalized spacial score (nSPS) is 10.8. The zero-order chi connectivity index (χ0) is 23.5. The molecule has 0 spiro atoms. The molecule has 0 radical (unpaired) electrons. The summed E-state index contributed by atoms with van der Waals surface area (Å²) in [4.78, 5) is 22.6. The molecule has 0 aliphatic carbocycles. The lowest BCUT2D eigenvalue weighted by Gasteiger charge is -2.19. The summed E-state index contributed by atoms with van der Waals surface area (Å²) in [6.45, 7) is 11.6. The van der Waals surface area contributed by atoms with E-state index in [1.165, 1.54) is 23.7 Å². The zero-order valence-electron chi connectivity index (χ0n) is 20.4. The van der Waals surface area contributed by atoms with Crippen molar-refractivity contribution in [2.75, 3.05) is 11.0 Å². The van der Waals surface area contributed by atoms with Gasteiger partial charge in [-0.2, -0.15) is 0 Å². The molecule has 32 heavy (non-hydrogen) atoms. The van der Waals surface area contributed by atoms with Crippen molar-refractivity contribution >= 4 is 34.5 Å². The third-order valence-corrected chi connectivity index (χ3v) is 4.66. The molecule has 0 rings (SSSR count). The maximum absolute atomic E-state index is 11.3. The van der Waals surface area contributed by atoms with Gasteiger partial charge in [-0.25, -0.2) is 0 Å². The van der Waals surface area contributed by atoms with Crippen LogP contribution >= 0.6 is 22.6 Å². The molecule has 0 unspecified atom stereocenters. The number of hydrogen-bond acceptors (Lipinski definition) is 5. The third kappa shape index (κ3) is 37.0. The van der Waals surface area contributed by atoms with Crippen LogP contribution in [0, 0.1) is 0 Å². The number of aliphatic hydroxyl groups is 1. The molecule has 0 amide bonds. The van der Waals surface area contributed by atoms with E-state index in [0.717, 1.165) is 44.9 Å².